The SMILES string of the molecule is CCOC(=O)c1nc2c(=O)[nH]c3cc([N+](=O)[O-])ccc3n2c1C. The number of esters is 1. The van der Waals surface area contributed by atoms with Gasteiger partial charge in [0, 0.05) is 12.1 Å². The number of rotatable bonds is 3. The summed E-state index contributed by atoms with van der Waals surface area (Å²) in [5, 5.41) is 10.9. The number of nitro groups is 1. The Bertz CT molecular complexity index is 1020. The van der Waals surface area contributed by atoms with Gasteiger partial charge >= 0.3 is 5.97 Å². The molecule has 0 saturated heterocycles. The number of imidazole rings is 1. The van der Waals surface area contributed by atoms with E-state index >= 15 is 0 Å². The molecule has 3 aromatic rings. The summed E-state index contributed by atoms with van der Waals surface area (Å²) in [5.74, 6) is -0.622. The molecular weight excluding hydrogens is 304 g/mol. The van der Waals surface area contributed by atoms with E-state index in [1.807, 2.05) is 0 Å². The Morgan fingerprint density at radius 1 is 1.48 bits per heavy atom. The number of nitrogens with zero attached hydrogens (tertiary/aromatic N) is 3. The number of carbonyl (C=O) groups excluding carboxylic acids is 1. The summed E-state index contributed by atoms with van der Waals surface area (Å²) in [4.78, 5) is 41.0. The lowest BCUT2D eigenvalue weighted by atomic mass is 10.2. The van der Waals surface area contributed by atoms with E-state index < -0.39 is 16.5 Å². The quantitative estimate of drug-likeness (QED) is 0.445. The van der Waals surface area contributed by atoms with Crippen molar-refractivity contribution >= 4 is 28.3 Å². The number of nitro benzene ring substituents is 1. The molecule has 0 fully saturated rings. The lowest BCUT2D eigenvalue weighted by molar-refractivity contribution is -0.384. The van der Waals surface area contributed by atoms with Crippen LogP contribution in [-0.4, -0.2) is 31.9 Å². The molecule has 23 heavy (non-hydrogen) atoms. The first-order valence-corrected chi connectivity index (χ1v) is 6.80. The van der Waals surface area contributed by atoms with Gasteiger partial charge in [-0.15, -0.1) is 0 Å². The predicted molar refractivity (Wildman–Crippen MR) is 80.7 cm³/mol. The van der Waals surface area contributed by atoms with Crippen molar-refractivity contribution in [2.24, 2.45) is 0 Å². The minimum Gasteiger partial charge on any atom is -0.461 e. The smallest absolute Gasteiger partial charge is 0.358 e. The van der Waals surface area contributed by atoms with E-state index in [1.165, 1.54) is 22.6 Å². The van der Waals surface area contributed by atoms with Crippen molar-refractivity contribution in [3.8, 4) is 0 Å². The van der Waals surface area contributed by atoms with Crippen molar-refractivity contribution in [1.82, 2.24) is 14.4 Å². The molecule has 0 aliphatic rings. The highest BCUT2D eigenvalue weighted by atomic mass is 16.6. The second kappa shape index (κ2) is 5.20. The number of nitrogens with one attached hydrogen (secondary N) is 1. The summed E-state index contributed by atoms with van der Waals surface area (Å²) < 4.78 is 6.41. The van der Waals surface area contributed by atoms with E-state index in [2.05, 4.69) is 9.97 Å². The van der Waals surface area contributed by atoms with Crippen LogP contribution in [0, 0.1) is 17.0 Å². The fraction of sp³-hybridized carbons (Fsp3) is 0.214. The summed E-state index contributed by atoms with van der Waals surface area (Å²) in [6.45, 7) is 3.49. The van der Waals surface area contributed by atoms with E-state index in [0.717, 1.165) is 0 Å². The normalized spacial score (nSPS) is 11.0. The van der Waals surface area contributed by atoms with Gasteiger partial charge in [0.2, 0.25) is 5.65 Å². The number of fused-ring (bicyclic) bond motifs is 3. The second-order valence-corrected chi connectivity index (χ2v) is 4.84. The first-order chi connectivity index (χ1) is 10.9. The molecule has 2 aromatic heterocycles. The highest BCUT2D eigenvalue weighted by Crippen LogP contribution is 2.21. The number of hydrogen-bond donors (Lipinski definition) is 1. The van der Waals surface area contributed by atoms with Crippen LogP contribution in [0.4, 0.5) is 5.69 Å². The maximum Gasteiger partial charge on any atom is 0.358 e. The molecule has 1 N–H and O–H groups in total. The molecule has 0 atom stereocenters. The number of ether oxygens (including phenoxy) is 1. The van der Waals surface area contributed by atoms with Gasteiger partial charge in [0.25, 0.3) is 11.2 Å². The van der Waals surface area contributed by atoms with Gasteiger partial charge < -0.3 is 9.72 Å². The number of non-ortho nitro benzene ring substituents is 1. The molecule has 0 spiro atoms. The Morgan fingerprint density at radius 3 is 2.87 bits per heavy atom. The monoisotopic (exact) mass is 316 g/mol. The van der Waals surface area contributed by atoms with Crippen LogP contribution in [0.2, 0.25) is 0 Å². The van der Waals surface area contributed by atoms with Gasteiger partial charge in [-0.25, -0.2) is 9.78 Å². The summed E-state index contributed by atoms with van der Waals surface area (Å²) in [7, 11) is 0. The van der Waals surface area contributed by atoms with E-state index in [0.29, 0.717) is 11.2 Å². The molecule has 0 radical (unpaired) electrons. The van der Waals surface area contributed by atoms with Crippen LogP contribution in [0.25, 0.3) is 16.7 Å². The number of aromatic nitrogens is 3. The molecule has 9 heteroatoms. The summed E-state index contributed by atoms with van der Waals surface area (Å²) >= 11 is 0. The van der Waals surface area contributed by atoms with Gasteiger partial charge in [0.15, 0.2) is 5.69 Å². The van der Waals surface area contributed by atoms with Crippen molar-refractivity contribution in [2.45, 2.75) is 13.8 Å². The topological polar surface area (TPSA) is 120 Å². The zero-order valence-corrected chi connectivity index (χ0v) is 12.3. The van der Waals surface area contributed by atoms with E-state index in [9.17, 15) is 19.7 Å². The molecule has 0 amide bonds. The third-order valence-electron chi connectivity index (χ3n) is 3.46. The van der Waals surface area contributed by atoms with Crippen molar-refractivity contribution in [3.05, 3.63) is 50.1 Å². The summed E-state index contributed by atoms with van der Waals surface area (Å²) in [5.41, 5.74) is 0.615. The first-order valence-electron chi connectivity index (χ1n) is 6.80. The van der Waals surface area contributed by atoms with Gasteiger partial charge in [0.1, 0.15) is 0 Å². The Balaban J connectivity index is 2.37. The van der Waals surface area contributed by atoms with Gasteiger partial charge in [-0.05, 0) is 19.9 Å². The average molecular weight is 316 g/mol. The van der Waals surface area contributed by atoms with Gasteiger partial charge in [-0.1, -0.05) is 0 Å². The largest absolute Gasteiger partial charge is 0.461 e. The summed E-state index contributed by atoms with van der Waals surface area (Å²) in [6.07, 6.45) is 0. The maximum atomic E-state index is 12.2. The molecule has 1 aromatic carbocycles. The molecule has 3 rings (SSSR count). The molecule has 0 bridgehead atoms. The molecule has 2 heterocycles. The molecule has 0 saturated carbocycles. The third kappa shape index (κ3) is 2.22. The molecule has 118 valence electrons. The second-order valence-electron chi connectivity index (χ2n) is 4.84. The molecular formula is C14H12N4O5. The van der Waals surface area contributed by atoms with Crippen LogP contribution in [0.3, 0.4) is 0 Å². The maximum absolute atomic E-state index is 12.2. The Kier molecular flexibility index (Phi) is 3.32. The minimum absolute atomic E-state index is 0.0342. The van der Waals surface area contributed by atoms with Crippen molar-refractivity contribution in [1.29, 1.82) is 0 Å². The van der Waals surface area contributed by atoms with Crippen LogP contribution in [0.5, 0.6) is 0 Å². The van der Waals surface area contributed by atoms with Crippen LogP contribution >= 0.6 is 0 Å². The zero-order chi connectivity index (χ0) is 16.7. The van der Waals surface area contributed by atoms with Gasteiger partial charge in [0.05, 0.1) is 28.3 Å². The Labute approximate surface area is 128 Å². The summed E-state index contributed by atoms with van der Waals surface area (Å²) in [6, 6.07) is 4.09. The van der Waals surface area contributed by atoms with Crippen molar-refractivity contribution in [3.63, 3.8) is 0 Å². The number of aryl methyl sites for hydroxylation is 1. The van der Waals surface area contributed by atoms with E-state index in [1.54, 1.807) is 13.8 Å². The number of aromatic amines is 1. The van der Waals surface area contributed by atoms with Crippen LogP contribution in [0.1, 0.15) is 23.1 Å². The van der Waals surface area contributed by atoms with E-state index in [-0.39, 0.29) is 29.2 Å². The number of hydrogen-bond acceptors (Lipinski definition) is 6. The van der Waals surface area contributed by atoms with Crippen LogP contribution < -0.4 is 5.56 Å². The van der Waals surface area contributed by atoms with Gasteiger partial charge in [-0.3, -0.25) is 19.3 Å². The molecule has 0 unspecified atom stereocenters. The average Bonchev–Trinajstić information content (AvgIpc) is 2.86. The highest BCUT2D eigenvalue weighted by Gasteiger charge is 2.21. The Morgan fingerprint density at radius 2 is 2.22 bits per heavy atom. The fourth-order valence-electron chi connectivity index (χ4n) is 2.45. The molecule has 9 nitrogen and oxygen atoms in total. The predicted octanol–water partition coefficient (Wildman–Crippen LogP) is 1.57. The lowest BCUT2D eigenvalue weighted by Gasteiger charge is -2.04. The number of H-pyrrole nitrogens is 1. The van der Waals surface area contributed by atoms with Crippen molar-refractivity contribution in [2.75, 3.05) is 6.61 Å². The number of carbonyl (C=O) groups is 1. The van der Waals surface area contributed by atoms with Crippen LogP contribution in [0.15, 0.2) is 23.0 Å². The van der Waals surface area contributed by atoms with Gasteiger partial charge in [-0.2, -0.15) is 0 Å². The highest BCUT2D eigenvalue weighted by molar-refractivity contribution is 5.91. The molecule has 0 aliphatic carbocycles. The minimum atomic E-state index is -0.622. The molecule has 0 aliphatic heterocycles. The van der Waals surface area contributed by atoms with E-state index in [4.69, 9.17) is 4.74 Å². The lowest BCUT2D eigenvalue weighted by Crippen LogP contribution is -2.11. The van der Waals surface area contributed by atoms with Crippen LogP contribution in [-0.2, 0) is 4.74 Å². The fourth-order valence-corrected chi connectivity index (χ4v) is 2.45. The zero-order valence-electron chi connectivity index (χ0n) is 12.3. The third-order valence-corrected chi connectivity index (χ3v) is 3.46. The van der Waals surface area contributed by atoms with Crippen molar-refractivity contribution < 1.29 is 14.5 Å². The number of benzene rings is 1. The Hall–Kier alpha value is -3.23. The standard InChI is InChI=1S/C14H12N4O5/c1-3-23-14(20)11-7(2)17-10-5-4-8(18(21)22)6-9(10)15-13(19)12(17)16-11/h4-6H,3H2,1-2H3,(H,15,19). The first kappa shape index (κ1) is 14.7.